The molecular formula is C19H20N4O4. The topological polar surface area (TPSA) is 123 Å². The summed E-state index contributed by atoms with van der Waals surface area (Å²) in [7, 11) is 0. The Hall–Kier alpha value is -3.68. The number of carbonyl (C=O) groups excluding carboxylic acids is 3. The van der Waals surface area contributed by atoms with Crippen molar-refractivity contribution in [3.05, 3.63) is 65.7 Å². The van der Waals surface area contributed by atoms with Crippen molar-refractivity contribution in [2.75, 3.05) is 13.2 Å². The second-order valence-corrected chi connectivity index (χ2v) is 5.51. The molecule has 2 rings (SSSR count). The Kier molecular flexibility index (Phi) is 7.52. The molecule has 0 radical (unpaired) electrons. The highest BCUT2D eigenvalue weighted by atomic mass is 16.5. The third-order valence-corrected chi connectivity index (χ3v) is 3.39. The van der Waals surface area contributed by atoms with Crippen molar-refractivity contribution in [3.63, 3.8) is 0 Å². The first-order chi connectivity index (χ1) is 13.0. The monoisotopic (exact) mass is 368 g/mol. The first kappa shape index (κ1) is 19.6. The molecule has 8 nitrogen and oxygen atoms in total. The second-order valence-electron chi connectivity index (χ2n) is 5.51. The van der Waals surface area contributed by atoms with Crippen LogP contribution in [0.25, 0.3) is 0 Å². The van der Waals surface area contributed by atoms with E-state index in [-0.39, 0.29) is 6.61 Å². The summed E-state index contributed by atoms with van der Waals surface area (Å²) in [4.78, 5) is 34.0. The van der Waals surface area contributed by atoms with Crippen LogP contribution in [0.1, 0.15) is 11.1 Å². The van der Waals surface area contributed by atoms with E-state index in [1.54, 1.807) is 24.3 Å². The zero-order chi connectivity index (χ0) is 19.5. The molecular weight excluding hydrogens is 348 g/mol. The average molecular weight is 368 g/mol. The van der Waals surface area contributed by atoms with Gasteiger partial charge >= 0.3 is 11.8 Å². The first-order valence-electron chi connectivity index (χ1n) is 8.21. The Morgan fingerprint density at radius 2 is 1.70 bits per heavy atom. The van der Waals surface area contributed by atoms with Gasteiger partial charge in [0.05, 0.1) is 6.21 Å². The Balaban J connectivity index is 1.72. The van der Waals surface area contributed by atoms with Crippen molar-refractivity contribution in [1.29, 1.82) is 0 Å². The first-order valence-corrected chi connectivity index (χ1v) is 8.21. The molecule has 0 fully saturated rings. The minimum atomic E-state index is -0.847. The van der Waals surface area contributed by atoms with E-state index >= 15 is 0 Å². The number of hydrogen-bond acceptors (Lipinski definition) is 5. The van der Waals surface area contributed by atoms with Crippen LogP contribution < -0.4 is 21.2 Å². The molecule has 0 saturated carbocycles. The van der Waals surface area contributed by atoms with Gasteiger partial charge in [-0.05, 0) is 41.8 Å². The molecule has 27 heavy (non-hydrogen) atoms. The summed E-state index contributed by atoms with van der Waals surface area (Å²) in [5.74, 6) is -1.68. The van der Waals surface area contributed by atoms with Gasteiger partial charge in [-0.25, -0.2) is 5.43 Å². The number of nitrogens with two attached hydrogens (primary N) is 1. The van der Waals surface area contributed by atoms with Gasteiger partial charge in [0.2, 0.25) is 0 Å². The summed E-state index contributed by atoms with van der Waals surface area (Å²) in [6, 6.07) is 16.2. The molecule has 4 N–H and O–H groups in total. The fraction of sp³-hybridized carbons (Fsp3) is 0.158. The van der Waals surface area contributed by atoms with Gasteiger partial charge in [-0.15, -0.1) is 0 Å². The number of ether oxygens (including phenoxy) is 1. The number of carbonyl (C=O) groups is 3. The number of nitrogens with one attached hydrogen (secondary N) is 2. The maximum Gasteiger partial charge on any atom is 0.329 e. The third-order valence-electron chi connectivity index (χ3n) is 3.39. The quantitative estimate of drug-likeness (QED) is 0.354. The average Bonchev–Trinajstić information content (AvgIpc) is 2.68. The molecule has 0 atom stereocenters. The van der Waals surface area contributed by atoms with Crippen LogP contribution in [0.2, 0.25) is 0 Å². The highest BCUT2D eigenvalue weighted by Gasteiger charge is 2.11. The number of benzene rings is 2. The zero-order valence-corrected chi connectivity index (χ0v) is 14.6. The van der Waals surface area contributed by atoms with Crippen molar-refractivity contribution in [2.24, 2.45) is 10.8 Å². The minimum absolute atomic E-state index is 0.205. The predicted molar refractivity (Wildman–Crippen MR) is 100 cm³/mol. The second kappa shape index (κ2) is 10.3. The molecule has 0 bridgehead atoms. The van der Waals surface area contributed by atoms with Crippen LogP contribution in [0.4, 0.5) is 0 Å². The highest BCUT2D eigenvalue weighted by Crippen LogP contribution is 2.10. The summed E-state index contributed by atoms with van der Waals surface area (Å²) in [6.45, 7) is 0.148. The van der Waals surface area contributed by atoms with Gasteiger partial charge in [-0.3, -0.25) is 14.4 Å². The number of amides is 3. The molecule has 2 aromatic rings. The fourth-order valence-corrected chi connectivity index (χ4v) is 2.07. The van der Waals surface area contributed by atoms with Gasteiger partial charge in [0, 0.05) is 6.54 Å². The van der Waals surface area contributed by atoms with Crippen molar-refractivity contribution in [1.82, 2.24) is 10.7 Å². The Morgan fingerprint density at radius 3 is 2.37 bits per heavy atom. The largest absolute Gasteiger partial charge is 0.484 e. The number of nitrogens with zero attached hydrogens (tertiary/aromatic N) is 1. The van der Waals surface area contributed by atoms with Crippen molar-refractivity contribution < 1.29 is 19.1 Å². The molecule has 0 unspecified atom stereocenters. The molecule has 0 aromatic heterocycles. The summed E-state index contributed by atoms with van der Waals surface area (Å²) in [5.41, 5.74) is 8.89. The lowest BCUT2D eigenvalue weighted by atomic mass is 10.1. The van der Waals surface area contributed by atoms with Gasteiger partial charge in [0.1, 0.15) is 5.75 Å². The number of rotatable bonds is 8. The molecule has 0 saturated heterocycles. The van der Waals surface area contributed by atoms with Crippen molar-refractivity contribution in [3.8, 4) is 5.75 Å². The predicted octanol–water partition coefficient (Wildman–Crippen LogP) is 0.360. The third kappa shape index (κ3) is 7.39. The molecule has 0 aliphatic carbocycles. The lowest BCUT2D eigenvalue weighted by molar-refractivity contribution is -0.139. The van der Waals surface area contributed by atoms with E-state index in [9.17, 15) is 14.4 Å². The van der Waals surface area contributed by atoms with E-state index < -0.39 is 17.7 Å². The Bertz CT molecular complexity index is 804. The molecule has 0 aliphatic heterocycles. The van der Waals surface area contributed by atoms with E-state index in [1.807, 2.05) is 30.3 Å². The number of hydrogen-bond donors (Lipinski definition) is 3. The molecule has 8 heteroatoms. The summed E-state index contributed by atoms with van der Waals surface area (Å²) in [6.07, 6.45) is 2.01. The number of hydrazone groups is 1. The van der Waals surface area contributed by atoms with E-state index in [1.165, 1.54) is 6.21 Å². The van der Waals surface area contributed by atoms with Gasteiger partial charge in [0.15, 0.2) is 6.61 Å². The Morgan fingerprint density at radius 1 is 1.00 bits per heavy atom. The van der Waals surface area contributed by atoms with Gasteiger partial charge in [-0.1, -0.05) is 30.3 Å². The molecule has 2 aromatic carbocycles. The molecule has 3 amide bonds. The maximum atomic E-state index is 11.7. The Labute approximate surface area is 156 Å². The zero-order valence-electron chi connectivity index (χ0n) is 14.6. The summed E-state index contributed by atoms with van der Waals surface area (Å²) in [5, 5.41) is 6.26. The van der Waals surface area contributed by atoms with Crippen LogP contribution in [0.5, 0.6) is 5.75 Å². The normalized spacial score (nSPS) is 10.4. The standard InChI is InChI=1S/C19H20N4O4/c20-17(24)13-27-16-8-6-15(7-9-16)12-22-23-19(26)18(25)21-11-10-14-4-2-1-3-5-14/h1-9,12H,10-11,13H2,(H2,20,24)(H,21,25)(H,23,26)/b22-12-. The van der Waals surface area contributed by atoms with Crippen molar-refractivity contribution >= 4 is 23.9 Å². The van der Waals surface area contributed by atoms with E-state index in [4.69, 9.17) is 10.5 Å². The smallest absolute Gasteiger partial charge is 0.329 e. The van der Waals surface area contributed by atoms with Gasteiger partial charge in [-0.2, -0.15) is 5.10 Å². The molecule has 0 aliphatic rings. The van der Waals surface area contributed by atoms with Gasteiger partial charge < -0.3 is 15.8 Å². The van der Waals surface area contributed by atoms with Crippen LogP contribution >= 0.6 is 0 Å². The van der Waals surface area contributed by atoms with Gasteiger partial charge in [0.25, 0.3) is 5.91 Å². The van der Waals surface area contributed by atoms with Crippen molar-refractivity contribution in [2.45, 2.75) is 6.42 Å². The van der Waals surface area contributed by atoms with Crippen LogP contribution in [0, 0.1) is 0 Å². The molecule has 0 heterocycles. The highest BCUT2D eigenvalue weighted by molar-refractivity contribution is 6.35. The van der Waals surface area contributed by atoms with E-state index in [0.29, 0.717) is 24.3 Å². The van der Waals surface area contributed by atoms with E-state index in [0.717, 1.165) is 5.56 Å². The minimum Gasteiger partial charge on any atom is -0.484 e. The lowest BCUT2D eigenvalue weighted by Gasteiger charge is -2.04. The summed E-state index contributed by atoms with van der Waals surface area (Å²) >= 11 is 0. The van der Waals surface area contributed by atoms with Crippen LogP contribution in [0.15, 0.2) is 59.7 Å². The fourth-order valence-electron chi connectivity index (χ4n) is 2.07. The molecule has 0 spiro atoms. The van der Waals surface area contributed by atoms with Crippen LogP contribution in [-0.2, 0) is 20.8 Å². The summed E-state index contributed by atoms with van der Waals surface area (Å²) < 4.78 is 5.12. The van der Waals surface area contributed by atoms with Crippen LogP contribution in [0.3, 0.4) is 0 Å². The SMILES string of the molecule is NC(=O)COc1ccc(/C=N\NC(=O)C(=O)NCCc2ccccc2)cc1. The maximum absolute atomic E-state index is 11.7. The van der Waals surface area contributed by atoms with E-state index in [2.05, 4.69) is 15.8 Å². The van der Waals surface area contributed by atoms with Crippen LogP contribution in [-0.4, -0.2) is 37.1 Å². The molecule has 140 valence electrons. The number of primary amides is 1. The lowest BCUT2D eigenvalue weighted by Crippen LogP contribution is -2.38.